The molecule has 4 heteroatoms. The van der Waals surface area contributed by atoms with Crippen LogP contribution in [0.3, 0.4) is 0 Å². The van der Waals surface area contributed by atoms with Gasteiger partial charge in [-0.15, -0.1) is 0 Å². The minimum Gasteiger partial charge on any atom is -0.330 e. The molecule has 2 N–H and O–H groups in total. The summed E-state index contributed by atoms with van der Waals surface area (Å²) in [6.45, 7) is 2.35. The zero-order valence-electron chi connectivity index (χ0n) is 8.94. The SMILES string of the molecule is Cc1ccccc1CS(=O)(=O)CCCN. The van der Waals surface area contributed by atoms with Crippen LogP contribution in [-0.4, -0.2) is 20.7 Å². The van der Waals surface area contributed by atoms with Crippen molar-refractivity contribution in [3.63, 3.8) is 0 Å². The molecule has 0 amide bonds. The van der Waals surface area contributed by atoms with E-state index in [4.69, 9.17) is 5.73 Å². The highest BCUT2D eigenvalue weighted by molar-refractivity contribution is 7.90. The van der Waals surface area contributed by atoms with Gasteiger partial charge in [0.05, 0.1) is 11.5 Å². The third-order valence-electron chi connectivity index (χ3n) is 2.30. The maximum Gasteiger partial charge on any atom is 0.154 e. The summed E-state index contributed by atoms with van der Waals surface area (Å²) in [5.74, 6) is 0.303. The Labute approximate surface area is 91.2 Å². The zero-order chi connectivity index (χ0) is 11.3. The minimum absolute atomic E-state index is 0.125. The van der Waals surface area contributed by atoms with E-state index in [0.717, 1.165) is 11.1 Å². The van der Waals surface area contributed by atoms with Crippen molar-refractivity contribution in [3.05, 3.63) is 35.4 Å². The molecule has 1 rings (SSSR count). The maximum absolute atomic E-state index is 11.7. The average Bonchev–Trinajstić information content (AvgIpc) is 2.18. The maximum atomic E-state index is 11.7. The Balaban J connectivity index is 2.74. The van der Waals surface area contributed by atoms with Crippen LogP contribution < -0.4 is 5.73 Å². The molecule has 0 aromatic heterocycles. The van der Waals surface area contributed by atoms with Crippen LogP contribution in [0.4, 0.5) is 0 Å². The van der Waals surface area contributed by atoms with E-state index in [1.807, 2.05) is 31.2 Å². The molecule has 0 fully saturated rings. The standard InChI is InChI=1S/C11H17NO2S/c1-10-5-2-3-6-11(10)9-15(13,14)8-4-7-12/h2-3,5-6H,4,7-9,12H2,1H3. The molecule has 0 aliphatic heterocycles. The van der Waals surface area contributed by atoms with E-state index in [0.29, 0.717) is 13.0 Å². The van der Waals surface area contributed by atoms with Crippen LogP contribution in [0.2, 0.25) is 0 Å². The normalized spacial score (nSPS) is 11.6. The van der Waals surface area contributed by atoms with E-state index < -0.39 is 9.84 Å². The fourth-order valence-corrected chi connectivity index (χ4v) is 2.93. The lowest BCUT2D eigenvalue weighted by Gasteiger charge is -2.06. The molecule has 3 nitrogen and oxygen atoms in total. The number of rotatable bonds is 5. The van der Waals surface area contributed by atoms with Crippen LogP contribution in [0.1, 0.15) is 17.5 Å². The van der Waals surface area contributed by atoms with Crippen molar-refractivity contribution in [2.45, 2.75) is 19.1 Å². The highest BCUT2D eigenvalue weighted by atomic mass is 32.2. The van der Waals surface area contributed by atoms with E-state index in [-0.39, 0.29) is 11.5 Å². The molecule has 0 saturated heterocycles. The van der Waals surface area contributed by atoms with Gasteiger partial charge in [-0.25, -0.2) is 8.42 Å². The number of aryl methyl sites for hydroxylation is 1. The molecule has 15 heavy (non-hydrogen) atoms. The number of hydrogen-bond acceptors (Lipinski definition) is 3. The van der Waals surface area contributed by atoms with Crippen LogP contribution >= 0.6 is 0 Å². The highest BCUT2D eigenvalue weighted by Gasteiger charge is 2.12. The van der Waals surface area contributed by atoms with E-state index in [1.54, 1.807) is 0 Å². The molecule has 0 heterocycles. The predicted octanol–water partition coefficient (Wildman–Crippen LogP) is 1.26. The van der Waals surface area contributed by atoms with Gasteiger partial charge in [-0.2, -0.15) is 0 Å². The summed E-state index contributed by atoms with van der Waals surface area (Å²) in [6, 6.07) is 7.55. The Bertz CT molecular complexity index is 412. The Morgan fingerprint density at radius 1 is 1.27 bits per heavy atom. The number of sulfone groups is 1. The Hall–Kier alpha value is -0.870. The van der Waals surface area contributed by atoms with Crippen molar-refractivity contribution in [2.24, 2.45) is 5.73 Å². The molecule has 0 spiro atoms. The zero-order valence-corrected chi connectivity index (χ0v) is 9.76. The van der Waals surface area contributed by atoms with Crippen LogP contribution in [0.5, 0.6) is 0 Å². The summed E-state index contributed by atoms with van der Waals surface area (Å²) in [5, 5.41) is 0. The van der Waals surface area contributed by atoms with E-state index in [2.05, 4.69) is 0 Å². The number of hydrogen-bond donors (Lipinski definition) is 1. The molecule has 0 unspecified atom stereocenters. The predicted molar refractivity (Wildman–Crippen MR) is 62.3 cm³/mol. The molecule has 1 aromatic carbocycles. The van der Waals surface area contributed by atoms with Crippen LogP contribution in [0.25, 0.3) is 0 Å². The van der Waals surface area contributed by atoms with Crippen molar-refractivity contribution in [2.75, 3.05) is 12.3 Å². The smallest absolute Gasteiger partial charge is 0.154 e. The van der Waals surface area contributed by atoms with Crippen molar-refractivity contribution >= 4 is 9.84 Å². The van der Waals surface area contributed by atoms with Crippen LogP contribution in [0, 0.1) is 6.92 Å². The van der Waals surface area contributed by atoms with E-state index in [9.17, 15) is 8.42 Å². The Morgan fingerprint density at radius 2 is 1.93 bits per heavy atom. The first-order valence-corrected chi connectivity index (χ1v) is 6.82. The van der Waals surface area contributed by atoms with Gasteiger partial charge in [0.1, 0.15) is 0 Å². The Kier molecular flexibility index (Phi) is 4.29. The molecule has 0 aliphatic carbocycles. The van der Waals surface area contributed by atoms with Crippen molar-refractivity contribution < 1.29 is 8.42 Å². The molecule has 0 bridgehead atoms. The second-order valence-electron chi connectivity index (χ2n) is 3.66. The van der Waals surface area contributed by atoms with Gasteiger partial charge in [-0.1, -0.05) is 24.3 Å². The molecule has 0 atom stereocenters. The summed E-state index contributed by atoms with van der Waals surface area (Å²) in [6.07, 6.45) is 0.536. The fourth-order valence-electron chi connectivity index (χ4n) is 1.38. The average molecular weight is 227 g/mol. The summed E-state index contributed by atoms with van der Waals surface area (Å²) in [7, 11) is -3.00. The lowest BCUT2D eigenvalue weighted by Crippen LogP contribution is -2.13. The van der Waals surface area contributed by atoms with Gasteiger partial charge in [0.2, 0.25) is 0 Å². The summed E-state index contributed by atoms with van der Waals surface area (Å²) < 4.78 is 23.3. The minimum atomic E-state index is -3.00. The molecule has 0 aliphatic rings. The molecule has 84 valence electrons. The third kappa shape index (κ3) is 4.01. The number of benzene rings is 1. The highest BCUT2D eigenvalue weighted by Crippen LogP contribution is 2.12. The third-order valence-corrected chi connectivity index (χ3v) is 3.96. The first kappa shape index (κ1) is 12.2. The van der Waals surface area contributed by atoms with E-state index >= 15 is 0 Å². The summed E-state index contributed by atoms with van der Waals surface area (Å²) in [4.78, 5) is 0. The molecule has 0 radical (unpaired) electrons. The van der Waals surface area contributed by atoms with Crippen LogP contribution in [-0.2, 0) is 15.6 Å². The first-order chi connectivity index (χ1) is 7.05. The molecular formula is C11H17NO2S. The molecule has 1 aromatic rings. The fraction of sp³-hybridized carbons (Fsp3) is 0.455. The molecular weight excluding hydrogens is 210 g/mol. The quantitative estimate of drug-likeness (QED) is 0.823. The monoisotopic (exact) mass is 227 g/mol. The Morgan fingerprint density at radius 3 is 2.53 bits per heavy atom. The number of nitrogens with two attached hydrogens (primary N) is 1. The largest absolute Gasteiger partial charge is 0.330 e. The topological polar surface area (TPSA) is 60.2 Å². The van der Waals surface area contributed by atoms with Gasteiger partial charge in [0.25, 0.3) is 0 Å². The van der Waals surface area contributed by atoms with Crippen molar-refractivity contribution in [1.82, 2.24) is 0 Å². The second-order valence-corrected chi connectivity index (χ2v) is 5.84. The van der Waals surface area contributed by atoms with Gasteiger partial charge < -0.3 is 5.73 Å². The summed E-state index contributed by atoms with van der Waals surface area (Å²) in [5.41, 5.74) is 7.20. The van der Waals surface area contributed by atoms with Gasteiger partial charge in [0.15, 0.2) is 9.84 Å². The second kappa shape index (κ2) is 5.28. The molecule has 0 saturated carbocycles. The van der Waals surface area contributed by atoms with Crippen molar-refractivity contribution in [1.29, 1.82) is 0 Å². The lowest BCUT2D eigenvalue weighted by atomic mass is 10.1. The lowest BCUT2D eigenvalue weighted by molar-refractivity contribution is 0.592. The van der Waals surface area contributed by atoms with E-state index in [1.165, 1.54) is 0 Å². The van der Waals surface area contributed by atoms with Crippen molar-refractivity contribution in [3.8, 4) is 0 Å². The van der Waals surface area contributed by atoms with Gasteiger partial charge >= 0.3 is 0 Å². The summed E-state index contributed by atoms with van der Waals surface area (Å²) >= 11 is 0. The van der Waals surface area contributed by atoms with Crippen LogP contribution in [0.15, 0.2) is 24.3 Å². The van der Waals surface area contributed by atoms with Gasteiger partial charge in [0, 0.05) is 0 Å². The van der Waals surface area contributed by atoms with Gasteiger partial charge in [-0.05, 0) is 31.0 Å². The first-order valence-electron chi connectivity index (χ1n) is 5.00. The van der Waals surface area contributed by atoms with Gasteiger partial charge in [-0.3, -0.25) is 0 Å².